The fourth-order valence-electron chi connectivity index (χ4n) is 3.63. The summed E-state index contributed by atoms with van der Waals surface area (Å²) in [4.78, 5) is 2.53. The van der Waals surface area contributed by atoms with Crippen LogP contribution in [-0.4, -0.2) is 26.8 Å². The van der Waals surface area contributed by atoms with Crippen LogP contribution in [0.5, 0.6) is 0 Å². The van der Waals surface area contributed by atoms with Crippen molar-refractivity contribution in [3.63, 3.8) is 0 Å². The molecule has 2 rings (SSSR count). The molecule has 0 saturated carbocycles. The maximum atomic E-state index is 6.40. The third-order valence-corrected chi connectivity index (χ3v) is 5.33. The summed E-state index contributed by atoms with van der Waals surface area (Å²) in [7, 11) is 1.78. The Balaban J connectivity index is 2.44. The van der Waals surface area contributed by atoms with Gasteiger partial charge in [-0.15, -0.1) is 0 Å². The normalized spacial score (nSPS) is 17.9. The lowest BCUT2D eigenvalue weighted by Crippen LogP contribution is -2.38. The Bertz CT molecular complexity index is 525. The van der Waals surface area contributed by atoms with Crippen LogP contribution in [0.15, 0.2) is 12.1 Å². The highest BCUT2D eigenvalue weighted by molar-refractivity contribution is 5.62. The summed E-state index contributed by atoms with van der Waals surface area (Å²) in [5.41, 5.74) is 12.3. The molecule has 0 saturated heterocycles. The molecule has 1 aromatic rings. The molecule has 2 N–H and O–H groups in total. The molecule has 0 aliphatic carbocycles. The number of rotatable bonds is 7. The van der Waals surface area contributed by atoms with Gasteiger partial charge in [-0.1, -0.05) is 33.8 Å². The molecule has 1 atom stereocenters. The largest absolute Gasteiger partial charge is 0.385 e. The van der Waals surface area contributed by atoms with E-state index >= 15 is 0 Å². The van der Waals surface area contributed by atoms with Crippen molar-refractivity contribution in [1.82, 2.24) is 0 Å². The van der Waals surface area contributed by atoms with E-state index in [1.54, 1.807) is 7.11 Å². The molecule has 3 nitrogen and oxygen atoms in total. The Morgan fingerprint density at radius 3 is 2.65 bits per heavy atom. The van der Waals surface area contributed by atoms with Crippen molar-refractivity contribution < 1.29 is 4.74 Å². The average molecular weight is 319 g/mol. The summed E-state index contributed by atoms with van der Waals surface area (Å²) < 4.78 is 5.23. The average Bonchev–Trinajstić information content (AvgIpc) is 2.55. The summed E-state index contributed by atoms with van der Waals surface area (Å²) in [5.74, 6) is 0. The summed E-state index contributed by atoms with van der Waals surface area (Å²) >= 11 is 0. The second kappa shape index (κ2) is 7.67. The van der Waals surface area contributed by atoms with Crippen molar-refractivity contribution >= 4 is 5.69 Å². The Hall–Kier alpha value is -1.06. The summed E-state index contributed by atoms with van der Waals surface area (Å²) in [6.07, 6.45) is 4.31. The second-order valence-electron chi connectivity index (χ2n) is 7.40. The van der Waals surface area contributed by atoms with Crippen molar-refractivity contribution in [2.24, 2.45) is 5.73 Å². The van der Waals surface area contributed by atoms with E-state index in [1.165, 1.54) is 28.8 Å². The van der Waals surface area contributed by atoms with Crippen molar-refractivity contribution in [3.05, 3.63) is 28.8 Å². The molecule has 0 bridgehead atoms. The molecular formula is C20H34N2O. The monoisotopic (exact) mass is 318 g/mol. The molecule has 0 radical (unpaired) electrons. The van der Waals surface area contributed by atoms with Crippen LogP contribution in [-0.2, 0) is 16.6 Å². The molecule has 1 aliphatic rings. The number of nitrogens with zero attached hydrogens (tertiary/aromatic N) is 1. The lowest BCUT2D eigenvalue weighted by Gasteiger charge is -2.41. The van der Waals surface area contributed by atoms with Crippen molar-refractivity contribution in [2.45, 2.75) is 64.8 Å². The van der Waals surface area contributed by atoms with E-state index in [9.17, 15) is 0 Å². The predicted octanol–water partition coefficient (Wildman–Crippen LogP) is 4.18. The molecule has 1 aliphatic heterocycles. The van der Waals surface area contributed by atoms with E-state index < -0.39 is 0 Å². The molecule has 0 amide bonds. The number of hydrogen-bond acceptors (Lipinski definition) is 3. The number of ether oxygens (including phenoxy) is 1. The third kappa shape index (κ3) is 3.89. The van der Waals surface area contributed by atoms with Gasteiger partial charge in [-0.05, 0) is 53.9 Å². The number of benzene rings is 1. The highest BCUT2D eigenvalue weighted by atomic mass is 16.5. The minimum atomic E-state index is 0.140. The van der Waals surface area contributed by atoms with Gasteiger partial charge < -0.3 is 15.4 Å². The zero-order chi connectivity index (χ0) is 17.0. The van der Waals surface area contributed by atoms with Gasteiger partial charge in [-0.3, -0.25) is 0 Å². The first-order valence-corrected chi connectivity index (χ1v) is 9.11. The quantitative estimate of drug-likeness (QED) is 0.766. The SMILES string of the molecule is CCc1cc2c(cc1[C@@H](N)CC)N(CCCOC)CCC2(C)C. The summed E-state index contributed by atoms with van der Waals surface area (Å²) in [6, 6.07) is 4.96. The lowest BCUT2D eigenvalue weighted by atomic mass is 9.75. The molecular weight excluding hydrogens is 284 g/mol. The fraction of sp³-hybridized carbons (Fsp3) is 0.700. The zero-order valence-corrected chi connectivity index (χ0v) is 15.6. The molecule has 1 heterocycles. The van der Waals surface area contributed by atoms with Crippen molar-refractivity contribution in [3.8, 4) is 0 Å². The topological polar surface area (TPSA) is 38.5 Å². The number of nitrogens with two attached hydrogens (primary N) is 1. The van der Waals surface area contributed by atoms with Crippen LogP contribution < -0.4 is 10.6 Å². The predicted molar refractivity (Wildman–Crippen MR) is 99.4 cm³/mol. The van der Waals surface area contributed by atoms with Gasteiger partial charge >= 0.3 is 0 Å². The highest BCUT2D eigenvalue weighted by Crippen LogP contribution is 2.42. The second-order valence-corrected chi connectivity index (χ2v) is 7.40. The minimum absolute atomic E-state index is 0.140. The Kier molecular flexibility index (Phi) is 6.10. The highest BCUT2D eigenvalue weighted by Gasteiger charge is 2.32. The minimum Gasteiger partial charge on any atom is -0.385 e. The first kappa shape index (κ1) is 18.3. The molecule has 0 fully saturated rings. The van der Waals surface area contributed by atoms with E-state index in [0.717, 1.165) is 39.0 Å². The molecule has 0 spiro atoms. The Morgan fingerprint density at radius 1 is 1.30 bits per heavy atom. The number of anilines is 1. The van der Waals surface area contributed by atoms with Crippen LogP contribution in [0.25, 0.3) is 0 Å². The van der Waals surface area contributed by atoms with Crippen LogP contribution in [0.2, 0.25) is 0 Å². The lowest BCUT2D eigenvalue weighted by molar-refractivity contribution is 0.195. The van der Waals surface area contributed by atoms with Crippen molar-refractivity contribution in [1.29, 1.82) is 0 Å². The summed E-state index contributed by atoms with van der Waals surface area (Å²) in [5, 5.41) is 0. The molecule has 23 heavy (non-hydrogen) atoms. The van der Waals surface area contributed by atoms with E-state index in [1.807, 2.05) is 0 Å². The first-order valence-electron chi connectivity index (χ1n) is 9.11. The number of fused-ring (bicyclic) bond motifs is 1. The smallest absolute Gasteiger partial charge is 0.0479 e. The fourth-order valence-corrected chi connectivity index (χ4v) is 3.63. The van der Waals surface area contributed by atoms with Gasteiger partial charge in [0.25, 0.3) is 0 Å². The van der Waals surface area contributed by atoms with Crippen LogP contribution in [0, 0.1) is 0 Å². The maximum Gasteiger partial charge on any atom is 0.0479 e. The van der Waals surface area contributed by atoms with Gasteiger partial charge in [0.05, 0.1) is 0 Å². The number of hydrogen-bond donors (Lipinski definition) is 1. The van der Waals surface area contributed by atoms with Crippen LogP contribution in [0.3, 0.4) is 0 Å². The Labute approximate surface area is 142 Å². The summed E-state index contributed by atoms with van der Waals surface area (Å²) in [6.45, 7) is 12.2. The number of methoxy groups -OCH3 is 1. The Morgan fingerprint density at radius 2 is 2.04 bits per heavy atom. The van der Waals surface area contributed by atoms with Gasteiger partial charge in [0.2, 0.25) is 0 Å². The van der Waals surface area contributed by atoms with E-state index in [2.05, 4.69) is 44.7 Å². The maximum absolute atomic E-state index is 6.40. The first-order chi connectivity index (χ1) is 10.9. The van der Waals surface area contributed by atoms with E-state index in [0.29, 0.717) is 0 Å². The van der Waals surface area contributed by atoms with Gasteiger partial charge in [0.1, 0.15) is 0 Å². The van der Waals surface area contributed by atoms with Crippen LogP contribution >= 0.6 is 0 Å². The molecule has 130 valence electrons. The number of aryl methyl sites for hydroxylation is 1. The van der Waals surface area contributed by atoms with Gasteiger partial charge in [0.15, 0.2) is 0 Å². The standard InChI is InChI=1S/C20H34N2O/c1-6-15-13-17-19(14-16(15)18(21)7-2)22(10-8-12-23-5)11-9-20(17,3)4/h13-14,18H,6-12,21H2,1-5H3/t18-/m0/s1. The van der Waals surface area contributed by atoms with Gasteiger partial charge in [0, 0.05) is 38.5 Å². The third-order valence-electron chi connectivity index (χ3n) is 5.33. The van der Waals surface area contributed by atoms with Gasteiger partial charge in [-0.25, -0.2) is 0 Å². The zero-order valence-electron chi connectivity index (χ0n) is 15.6. The molecule has 0 aromatic heterocycles. The molecule has 3 heteroatoms. The van der Waals surface area contributed by atoms with Crippen molar-refractivity contribution in [2.75, 3.05) is 31.7 Å². The molecule has 1 aromatic carbocycles. The van der Waals surface area contributed by atoms with E-state index in [-0.39, 0.29) is 11.5 Å². The van der Waals surface area contributed by atoms with E-state index in [4.69, 9.17) is 10.5 Å². The molecule has 0 unspecified atom stereocenters. The van der Waals surface area contributed by atoms with Crippen LogP contribution in [0.1, 0.15) is 69.7 Å². The van der Waals surface area contributed by atoms with Crippen LogP contribution in [0.4, 0.5) is 5.69 Å². The van der Waals surface area contributed by atoms with Gasteiger partial charge in [-0.2, -0.15) is 0 Å².